The maximum absolute atomic E-state index is 12.4. The molecule has 0 aliphatic carbocycles. The molecule has 0 fully saturated rings. The number of nitrogens with one attached hydrogen (secondary N) is 3. The standard InChI is InChI=1S/C18H18ClN3O3/c1-25-16-7-6-12(19)9-15(16)21-17(23)8-11-10-20-13-4-2-3-5-14(13)22-18(11)24/h2-7,9,11,20H,8,10H2,1H3,(H,21,23)(H,22,24). The molecule has 3 rings (SSSR count). The lowest BCUT2D eigenvalue weighted by Gasteiger charge is -2.15. The van der Waals surface area contributed by atoms with Crippen LogP contribution < -0.4 is 20.7 Å². The van der Waals surface area contributed by atoms with E-state index in [9.17, 15) is 9.59 Å². The zero-order chi connectivity index (χ0) is 17.8. The molecule has 2 amide bonds. The Morgan fingerprint density at radius 2 is 2.04 bits per heavy atom. The van der Waals surface area contributed by atoms with Gasteiger partial charge in [-0.3, -0.25) is 9.59 Å². The molecule has 0 bridgehead atoms. The van der Waals surface area contributed by atoms with Gasteiger partial charge >= 0.3 is 0 Å². The van der Waals surface area contributed by atoms with Crippen molar-refractivity contribution < 1.29 is 14.3 Å². The van der Waals surface area contributed by atoms with E-state index in [4.69, 9.17) is 16.3 Å². The van der Waals surface area contributed by atoms with Crippen LogP contribution in [-0.2, 0) is 9.59 Å². The summed E-state index contributed by atoms with van der Waals surface area (Å²) in [6.07, 6.45) is 0.0441. The molecule has 7 heteroatoms. The minimum Gasteiger partial charge on any atom is -0.495 e. The van der Waals surface area contributed by atoms with Gasteiger partial charge < -0.3 is 20.7 Å². The number of benzene rings is 2. The van der Waals surface area contributed by atoms with Crippen LogP contribution in [0.15, 0.2) is 42.5 Å². The van der Waals surface area contributed by atoms with Crippen molar-refractivity contribution in [1.82, 2.24) is 0 Å². The summed E-state index contributed by atoms with van der Waals surface area (Å²) in [5.41, 5.74) is 2.03. The highest BCUT2D eigenvalue weighted by molar-refractivity contribution is 6.31. The minimum atomic E-state index is -0.488. The molecule has 1 aliphatic rings. The van der Waals surface area contributed by atoms with E-state index in [1.54, 1.807) is 18.2 Å². The Bertz CT molecular complexity index is 810. The maximum atomic E-state index is 12.4. The van der Waals surface area contributed by atoms with Gasteiger partial charge in [0.15, 0.2) is 0 Å². The molecule has 2 aromatic rings. The van der Waals surface area contributed by atoms with Gasteiger partial charge in [0.05, 0.1) is 30.1 Å². The van der Waals surface area contributed by atoms with E-state index in [1.165, 1.54) is 7.11 Å². The quantitative estimate of drug-likeness (QED) is 0.782. The predicted octanol–water partition coefficient (Wildman–Crippen LogP) is 3.36. The molecule has 0 radical (unpaired) electrons. The second-order valence-corrected chi connectivity index (χ2v) is 6.15. The Balaban J connectivity index is 1.67. The lowest BCUT2D eigenvalue weighted by atomic mass is 10.0. The lowest BCUT2D eigenvalue weighted by molar-refractivity contribution is -0.124. The Morgan fingerprint density at radius 1 is 1.28 bits per heavy atom. The monoisotopic (exact) mass is 359 g/mol. The summed E-state index contributed by atoms with van der Waals surface area (Å²) < 4.78 is 5.21. The zero-order valence-electron chi connectivity index (χ0n) is 13.6. The number of rotatable bonds is 4. The fourth-order valence-corrected chi connectivity index (χ4v) is 2.85. The van der Waals surface area contributed by atoms with Crippen molar-refractivity contribution in [1.29, 1.82) is 0 Å². The van der Waals surface area contributed by atoms with Crippen LogP contribution in [0.4, 0.5) is 17.1 Å². The van der Waals surface area contributed by atoms with E-state index < -0.39 is 5.92 Å². The van der Waals surface area contributed by atoms with Gasteiger partial charge in [-0.05, 0) is 30.3 Å². The van der Waals surface area contributed by atoms with Gasteiger partial charge in [0.25, 0.3) is 0 Å². The van der Waals surface area contributed by atoms with Crippen LogP contribution in [0, 0.1) is 5.92 Å². The van der Waals surface area contributed by atoms with Crippen molar-refractivity contribution in [3.63, 3.8) is 0 Å². The number of fused-ring (bicyclic) bond motifs is 1. The molecule has 2 aromatic carbocycles. The van der Waals surface area contributed by atoms with Crippen molar-refractivity contribution in [2.75, 3.05) is 29.6 Å². The summed E-state index contributed by atoms with van der Waals surface area (Å²) in [5, 5.41) is 9.29. The number of para-hydroxylation sites is 2. The third-order valence-electron chi connectivity index (χ3n) is 3.96. The van der Waals surface area contributed by atoms with E-state index in [-0.39, 0.29) is 18.2 Å². The van der Waals surface area contributed by atoms with Gasteiger partial charge in [0, 0.05) is 18.0 Å². The first-order chi connectivity index (χ1) is 12.1. The van der Waals surface area contributed by atoms with Crippen LogP contribution in [0.25, 0.3) is 0 Å². The number of halogens is 1. The van der Waals surface area contributed by atoms with Crippen molar-refractivity contribution >= 4 is 40.5 Å². The van der Waals surface area contributed by atoms with E-state index >= 15 is 0 Å². The third-order valence-corrected chi connectivity index (χ3v) is 4.20. The maximum Gasteiger partial charge on any atom is 0.229 e. The SMILES string of the molecule is COc1ccc(Cl)cc1NC(=O)CC1CNc2ccccc2NC1=O. The van der Waals surface area contributed by atoms with Crippen LogP contribution in [0.2, 0.25) is 5.02 Å². The summed E-state index contributed by atoms with van der Waals surface area (Å²) in [6, 6.07) is 12.4. The molecule has 25 heavy (non-hydrogen) atoms. The fourth-order valence-electron chi connectivity index (χ4n) is 2.67. The van der Waals surface area contributed by atoms with Crippen LogP contribution >= 0.6 is 11.6 Å². The van der Waals surface area contributed by atoms with E-state index in [0.717, 1.165) is 5.69 Å². The number of methoxy groups -OCH3 is 1. The molecular formula is C18H18ClN3O3. The molecule has 130 valence electrons. The molecule has 1 unspecified atom stereocenters. The van der Waals surface area contributed by atoms with E-state index in [2.05, 4.69) is 16.0 Å². The van der Waals surface area contributed by atoms with Crippen molar-refractivity contribution in [2.45, 2.75) is 6.42 Å². The first-order valence-corrected chi connectivity index (χ1v) is 8.22. The summed E-state index contributed by atoms with van der Waals surface area (Å²) >= 11 is 5.96. The summed E-state index contributed by atoms with van der Waals surface area (Å²) in [7, 11) is 1.51. The van der Waals surface area contributed by atoms with Gasteiger partial charge in [-0.1, -0.05) is 23.7 Å². The second-order valence-electron chi connectivity index (χ2n) is 5.71. The Morgan fingerprint density at radius 3 is 2.80 bits per heavy atom. The molecule has 6 nitrogen and oxygen atoms in total. The van der Waals surface area contributed by atoms with E-state index in [0.29, 0.717) is 28.7 Å². The fraction of sp³-hybridized carbons (Fsp3) is 0.222. The highest BCUT2D eigenvalue weighted by atomic mass is 35.5. The van der Waals surface area contributed by atoms with Gasteiger partial charge in [0.1, 0.15) is 5.75 Å². The molecule has 1 heterocycles. The van der Waals surface area contributed by atoms with Gasteiger partial charge in [-0.25, -0.2) is 0 Å². The Kier molecular flexibility index (Phi) is 5.09. The summed E-state index contributed by atoms with van der Waals surface area (Å²) in [5.74, 6) is -0.453. The van der Waals surface area contributed by atoms with Crippen molar-refractivity contribution in [2.24, 2.45) is 5.92 Å². The molecule has 0 aromatic heterocycles. The molecule has 0 spiro atoms. The van der Waals surface area contributed by atoms with Gasteiger partial charge in [-0.2, -0.15) is 0 Å². The summed E-state index contributed by atoms with van der Waals surface area (Å²) in [6.45, 7) is 0.378. The number of carbonyl (C=O) groups excluding carboxylic acids is 2. The number of ether oxygens (including phenoxy) is 1. The average molecular weight is 360 g/mol. The number of hydrogen-bond donors (Lipinski definition) is 3. The van der Waals surface area contributed by atoms with Gasteiger partial charge in [-0.15, -0.1) is 0 Å². The molecule has 0 saturated carbocycles. The highest BCUT2D eigenvalue weighted by Gasteiger charge is 2.26. The first kappa shape index (κ1) is 17.1. The number of anilines is 3. The molecular weight excluding hydrogens is 342 g/mol. The average Bonchev–Trinajstić information content (AvgIpc) is 2.74. The van der Waals surface area contributed by atoms with Crippen LogP contribution in [0.5, 0.6) is 5.75 Å². The molecule has 0 saturated heterocycles. The number of amides is 2. The van der Waals surface area contributed by atoms with Crippen LogP contribution in [0.1, 0.15) is 6.42 Å². The van der Waals surface area contributed by atoms with E-state index in [1.807, 2.05) is 24.3 Å². The summed E-state index contributed by atoms with van der Waals surface area (Å²) in [4.78, 5) is 24.7. The first-order valence-electron chi connectivity index (χ1n) is 7.84. The highest BCUT2D eigenvalue weighted by Crippen LogP contribution is 2.29. The Hall–Kier alpha value is -2.73. The van der Waals surface area contributed by atoms with Gasteiger partial charge in [0.2, 0.25) is 11.8 Å². The van der Waals surface area contributed by atoms with Crippen molar-refractivity contribution in [3.8, 4) is 5.75 Å². The smallest absolute Gasteiger partial charge is 0.229 e. The van der Waals surface area contributed by atoms with Crippen molar-refractivity contribution in [3.05, 3.63) is 47.5 Å². The number of hydrogen-bond acceptors (Lipinski definition) is 4. The molecule has 1 atom stereocenters. The number of carbonyl (C=O) groups is 2. The normalized spacial score (nSPS) is 16.1. The molecule has 3 N–H and O–H groups in total. The molecule has 1 aliphatic heterocycles. The largest absolute Gasteiger partial charge is 0.495 e. The van der Waals surface area contributed by atoms with Crippen LogP contribution in [0.3, 0.4) is 0 Å². The second kappa shape index (κ2) is 7.44. The predicted molar refractivity (Wildman–Crippen MR) is 98.3 cm³/mol. The third kappa shape index (κ3) is 4.03. The Labute approximate surface area is 150 Å². The zero-order valence-corrected chi connectivity index (χ0v) is 14.4. The topological polar surface area (TPSA) is 79.5 Å². The minimum absolute atomic E-state index is 0.0441. The van der Waals surface area contributed by atoms with Crippen LogP contribution in [-0.4, -0.2) is 25.5 Å². The lowest BCUT2D eigenvalue weighted by Crippen LogP contribution is -2.30.